The van der Waals surface area contributed by atoms with Crippen LogP contribution in [0.5, 0.6) is 5.75 Å². The molecule has 1 aromatic heterocycles. The van der Waals surface area contributed by atoms with E-state index in [0.29, 0.717) is 11.5 Å². The second-order valence-corrected chi connectivity index (χ2v) is 7.51. The number of ether oxygens (including phenoxy) is 1. The van der Waals surface area contributed by atoms with Crippen LogP contribution in [0.3, 0.4) is 0 Å². The van der Waals surface area contributed by atoms with E-state index in [2.05, 4.69) is 17.4 Å². The van der Waals surface area contributed by atoms with Crippen molar-refractivity contribution >= 4 is 22.9 Å². The highest BCUT2D eigenvalue weighted by molar-refractivity contribution is 7.12. The lowest BCUT2D eigenvalue weighted by atomic mass is 10.1. The lowest BCUT2D eigenvalue weighted by Gasteiger charge is -2.10. The van der Waals surface area contributed by atoms with Crippen molar-refractivity contribution < 1.29 is 9.53 Å². The van der Waals surface area contributed by atoms with Crippen LogP contribution in [-0.2, 0) is 6.61 Å². The molecule has 0 atom stereocenters. The van der Waals surface area contributed by atoms with Crippen LogP contribution in [0.4, 0.5) is 5.69 Å². The number of hydrogen-bond acceptors (Lipinski definition) is 3. The van der Waals surface area contributed by atoms with Gasteiger partial charge in [0, 0.05) is 11.3 Å². The third-order valence-electron chi connectivity index (χ3n) is 4.34. The summed E-state index contributed by atoms with van der Waals surface area (Å²) >= 11 is 1.44. The zero-order valence-electron chi connectivity index (χ0n) is 15.6. The number of anilines is 1. The normalized spacial score (nSPS) is 10.6. The van der Waals surface area contributed by atoms with Crippen LogP contribution >= 0.6 is 11.3 Å². The standard InChI is InChI=1S/C22H23NO2S/c1-14-8-9-15(2)19(10-14)25-12-18-11-20(26-13-18)22(24)23-21-16(3)6-5-7-17(21)4/h5-11,13H,12H2,1-4H3,(H,23,24). The number of amides is 1. The van der Waals surface area contributed by atoms with Crippen molar-refractivity contribution in [1.82, 2.24) is 0 Å². The van der Waals surface area contributed by atoms with Crippen LogP contribution < -0.4 is 10.1 Å². The van der Waals surface area contributed by atoms with Gasteiger partial charge in [0.25, 0.3) is 5.91 Å². The van der Waals surface area contributed by atoms with Gasteiger partial charge in [-0.25, -0.2) is 0 Å². The molecular weight excluding hydrogens is 342 g/mol. The number of thiophene rings is 1. The Labute approximate surface area is 158 Å². The van der Waals surface area contributed by atoms with Gasteiger partial charge in [-0.05, 0) is 67.5 Å². The molecule has 0 fully saturated rings. The summed E-state index contributed by atoms with van der Waals surface area (Å²) in [6, 6.07) is 14.1. The fourth-order valence-electron chi connectivity index (χ4n) is 2.78. The van der Waals surface area contributed by atoms with Crippen molar-refractivity contribution in [3.05, 3.63) is 80.5 Å². The van der Waals surface area contributed by atoms with Crippen molar-refractivity contribution in [2.75, 3.05) is 5.32 Å². The molecule has 0 aliphatic rings. The van der Waals surface area contributed by atoms with E-state index in [0.717, 1.165) is 33.7 Å². The maximum atomic E-state index is 12.6. The van der Waals surface area contributed by atoms with Gasteiger partial charge >= 0.3 is 0 Å². The highest BCUT2D eigenvalue weighted by Gasteiger charge is 2.12. The van der Waals surface area contributed by atoms with E-state index >= 15 is 0 Å². The summed E-state index contributed by atoms with van der Waals surface area (Å²) in [6.45, 7) is 8.54. The Balaban J connectivity index is 1.67. The molecule has 0 unspecified atom stereocenters. The third-order valence-corrected chi connectivity index (χ3v) is 5.31. The van der Waals surface area contributed by atoms with Gasteiger partial charge < -0.3 is 10.1 Å². The van der Waals surface area contributed by atoms with Crippen LogP contribution in [0.2, 0.25) is 0 Å². The molecular formula is C22H23NO2S. The number of benzene rings is 2. The molecule has 2 aromatic carbocycles. The van der Waals surface area contributed by atoms with Gasteiger partial charge in [0.05, 0.1) is 4.88 Å². The molecule has 3 rings (SSSR count). The zero-order chi connectivity index (χ0) is 18.7. The molecule has 1 N–H and O–H groups in total. The molecule has 0 aliphatic carbocycles. The highest BCUT2D eigenvalue weighted by atomic mass is 32.1. The molecule has 3 aromatic rings. The van der Waals surface area contributed by atoms with Gasteiger partial charge in [-0.15, -0.1) is 11.3 Å². The fraction of sp³-hybridized carbons (Fsp3) is 0.227. The van der Waals surface area contributed by atoms with Gasteiger partial charge in [-0.1, -0.05) is 30.3 Å². The van der Waals surface area contributed by atoms with E-state index in [1.165, 1.54) is 16.9 Å². The fourth-order valence-corrected chi connectivity index (χ4v) is 3.57. The minimum atomic E-state index is -0.0783. The molecule has 0 saturated heterocycles. The number of carbonyl (C=O) groups is 1. The molecule has 1 amide bonds. The van der Waals surface area contributed by atoms with Crippen LogP contribution in [0, 0.1) is 27.7 Å². The number of hydrogen-bond donors (Lipinski definition) is 1. The van der Waals surface area contributed by atoms with Gasteiger partial charge in [0.1, 0.15) is 12.4 Å². The number of carbonyl (C=O) groups excluding carboxylic acids is 1. The lowest BCUT2D eigenvalue weighted by Crippen LogP contribution is -2.12. The first kappa shape index (κ1) is 18.2. The van der Waals surface area contributed by atoms with Gasteiger partial charge in [0.15, 0.2) is 0 Å². The number of rotatable bonds is 5. The minimum Gasteiger partial charge on any atom is -0.489 e. The van der Waals surface area contributed by atoms with Crippen molar-refractivity contribution in [3.8, 4) is 5.75 Å². The quantitative estimate of drug-likeness (QED) is 0.619. The molecule has 0 bridgehead atoms. The molecule has 134 valence electrons. The largest absolute Gasteiger partial charge is 0.489 e. The van der Waals surface area contributed by atoms with E-state index in [9.17, 15) is 4.79 Å². The van der Waals surface area contributed by atoms with Crippen molar-refractivity contribution in [2.45, 2.75) is 34.3 Å². The predicted octanol–water partition coefficient (Wildman–Crippen LogP) is 5.81. The van der Waals surface area contributed by atoms with E-state index < -0.39 is 0 Å². The summed E-state index contributed by atoms with van der Waals surface area (Å²) < 4.78 is 5.93. The zero-order valence-corrected chi connectivity index (χ0v) is 16.4. The van der Waals surface area contributed by atoms with Crippen molar-refractivity contribution in [3.63, 3.8) is 0 Å². The maximum absolute atomic E-state index is 12.6. The Morgan fingerprint density at radius 3 is 2.46 bits per heavy atom. The Hall–Kier alpha value is -2.59. The first-order chi connectivity index (χ1) is 12.4. The van der Waals surface area contributed by atoms with Gasteiger partial charge in [-0.3, -0.25) is 4.79 Å². The molecule has 0 spiro atoms. The molecule has 1 heterocycles. The summed E-state index contributed by atoms with van der Waals surface area (Å²) in [5.74, 6) is 0.808. The summed E-state index contributed by atoms with van der Waals surface area (Å²) in [4.78, 5) is 13.3. The number of nitrogens with one attached hydrogen (secondary N) is 1. The molecule has 3 nitrogen and oxygen atoms in total. The molecule has 26 heavy (non-hydrogen) atoms. The second-order valence-electron chi connectivity index (χ2n) is 6.60. The second kappa shape index (κ2) is 7.75. The average Bonchev–Trinajstić information content (AvgIpc) is 3.08. The van der Waals surface area contributed by atoms with E-state index in [4.69, 9.17) is 4.74 Å². The van der Waals surface area contributed by atoms with Crippen LogP contribution in [0.15, 0.2) is 47.8 Å². The molecule has 0 aliphatic heterocycles. The third kappa shape index (κ3) is 4.14. The van der Waals surface area contributed by atoms with Crippen LogP contribution in [0.25, 0.3) is 0 Å². The smallest absolute Gasteiger partial charge is 0.265 e. The Morgan fingerprint density at radius 1 is 1.00 bits per heavy atom. The summed E-state index contributed by atoms with van der Waals surface area (Å²) in [6.07, 6.45) is 0. The highest BCUT2D eigenvalue weighted by Crippen LogP contribution is 2.24. The van der Waals surface area contributed by atoms with Crippen molar-refractivity contribution in [1.29, 1.82) is 0 Å². The predicted molar refractivity (Wildman–Crippen MR) is 108 cm³/mol. The monoisotopic (exact) mass is 365 g/mol. The molecule has 4 heteroatoms. The summed E-state index contributed by atoms with van der Waals surface area (Å²) in [7, 11) is 0. The minimum absolute atomic E-state index is 0.0783. The Morgan fingerprint density at radius 2 is 1.73 bits per heavy atom. The van der Waals surface area contributed by atoms with Gasteiger partial charge in [-0.2, -0.15) is 0 Å². The molecule has 0 radical (unpaired) electrons. The van der Waals surface area contributed by atoms with E-state index in [-0.39, 0.29) is 5.91 Å². The summed E-state index contributed by atoms with van der Waals surface area (Å²) in [5, 5.41) is 5.01. The van der Waals surface area contributed by atoms with E-state index in [1.807, 2.05) is 63.4 Å². The Kier molecular flexibility index (Phi) is 5.43. The lowest BCUT2D eigenvalue weighted by molar-refractivity contribution is 0.103. The van der Waals surface area contributed by atoms with E-state index in [1.54, 1.807) is 0 Å². The Bertz CT molecular complexity index is 923. The number of aryl methyl sites for hydroxylation is 4. The number of para-hydroxylation sites is 1. The first-order valence-electron chi connectivity index (χ1n) is 8.59. The average molecular weight is 365 g/mol. The van der Waals surface area contributed by atoms with Gasteiger partial charge in [0.2, 0.25) is 0 Å². The molecule has 0 saturated carbocycles. The maximum Gasteiger partial charge on any atom is 0.265 e. The van der Waals surface area contributed by atoms with Crippen LogP contribution in [0.1, 0.15) is 37.5 Å². The summed E-state index contributed by atoms with van der Waals surface area (Å²) in [5.41, 5.74) is 6.30. The topological polar surface area (TPSA) is 38.3 Å². The first-order valence-corrected chi connectivity index (χ1v) is 9.47. The van der Waals surface area contributed by atoms with Crippen molar-refractivity contribution in [2.24, 2.45) is 0 Å². The SMILES string of the molecule is Cc1ccc(C)c(OCc2csc(C(=O)Nc3c(C)cccc3C)c2)c1. The van der Waals surface area contributed by atoms with Crippen LogP contribution in [-0.4, -0.2) is 5.91 Å².